The monoisotopic (exact) mass is 298 g/mol. The number of H-pyrrole nitrogens is 1. The number of carbonyl (C=O) groups excluding carboxylic acids is 1. The number of aromatic nitrogens is 1. The van der Waals surface area contributed by atoms with Gasteiger partial charge in [-0.2, -0.15) is 0 Å². The van der Waals surface area contributed by atoms with Gasteiger partial charge < -0.3 is 15.0 Å². The van der Waals surface area contributed by atoms with Crippen LogP contribution in [0.1, 0.15) is 36.0 Å². The molecule has 0 radical (unpaired) electrons. The average Bonchev–Trinajstić information content (AvgIpc) is 3.03. The number of carbonyl (C=O) groups is 1. The Labute approximate surface area is 128 Å². The molecule has 2 N–H and O–H groups in total. The number of benzene rings is 1. The molecule has 1 aromatic heterocycles. The molecule has 1 aromatic carbocycles. The molecule has 0 saturated heterocycles. The Bertz CT molecular complexity index is 680. The first-order chi connectivity index (χ1) is 10.7. The third kappa shape index (κ3) is 3.55. The maximum atomic E-state index is 12.0. The molecular weight excluding hydrogens is 280 g/mol. The highest BCUT2D eigenvalue weighted by molar-refractivity contribution is 6.04. The largest absolute Gasteiger partial charge is 0.490 e. The predicted molar refractivity (Wildman–Crippen MR) is 84.3 cm³/mol. The van der Waals surface area contributed by atoms with Crippen LogP contribution in [0.5, 0.6) is 5.75 Å². The Morgan fingerprint density at radius 1 is 1.09 bits per heavy atom. The molecule has 5 heteroatoms. The van der Waals surface area contributed by atoms with Gasteiger partial charge >= 0.3 is 0 Å². The summed E-state index contributed by atoms with van der Waals surface area (Å²) >= 11 is 0. The smallest absolute Gasteiger partial charge is 0.257 e. The Morgan fingerprint density at radius 2 is 1.82 bits per heavy atom. The molecule has 0 atom stereocenters. The second kappa shape index (κ2) is 6.47. The number of anilines is 1. The fourth-order valence-corrected chi connectivity index (χ4v) is 2.57. The lowest BCUT2D eigenvalue weighted by Crippen LogP contribution is -2.14. The van der Waals surface area contributed by atoms with Crippen molar-refractivity contribution in [3.05, 3.63) is 58.5 Å². The Hall–Kier alpha value is -2.56. The number of pyridine rings is 1. The summed E-state index contributed by atoms with van der Waals surface area (Å²) in [5, 5.41) is 2.78. The van der Waals surface area contributed by atoms with Gasteiger partial charge in [0.05, 0.1) is 11.7 Å². The normalized spacial score (nSPS) is 14.7. The first-order valence-electron chi connectivity index (χ1n) is 7.47. The highest BCUT2D eigenvalue weighted by atomic mass is 16.5. The Morgan fingerprint density at radius 3 is 2.45 bits per heavy atom. The second-order valence-electron chi connectivity index (χ2n) is 5.44. The average molecular weight is 298 g/mol. The summed E-state index contributed by atoms with van der Waals surface area (Å²) in [6.07, 6.45) is 6.42. The van der Waals surface area contributed by atoms with E-state index in [-0.39, 0.29) is 11.5 Å². The molecular formula is C17H18N2O3. The van der Waals surface area contributed by atoms with Gasteiger partial charge in [-0.05, 0) is 56.0 Å². The molecule has 5 nitrogen and oxygen atoms in total. The molecule has 1 amide bonds. The fourth-order valence-electron chi connectivity index (χ4n) is 2.57. The van der Waals surface area contributed by atoms with Gasteiger partial charge in [-0.1, -0.05) is 0 Å². The van der Waals surface area contributed by atoms with Crippen LogP contribution in [0.15, 0.2) is 47.4 Å². The predicted octanol–water partition coefficient (Wildman–Crippen LogP) is 2.95. The standard InChI is InChI=1S/C17H18N2O3/c20-16-10-5-12(11-18-16)17(21)19-13-6-8-15(9-7-13)22-14-3-1-2-4-14/h5-11,14H,1-4H2,(H,18,20)(H,19,21). The van der Waals surface area contributed by atoms with Crippen LogP contribution in [0.25, 0.3) is 0 Å². The molecule has 1 aliphatic rings. The van der Waals surface area contributed by atoms with Gasteiger partial charge in [-0.25, -0.2) is 0 Å². The molecule has 3 rings (SSSR count). The lowest BCUT2D eigenvalue weighted by molar-refractivity contribution is 0.102. The van der Waals surface area contributed by atoms with E-state index in [1.807, 2.05) is 24.3 Å². The highest BCUT2D eigenvalue weighted by Crippen LogP contribution is 2.25. The minimum absolute atomic E-state index is 0.232. The number of amides is 1. The van der Waals surface area contributed by atoms with Gasteiger partial charge in [-0.3, -0.25) is 9.59 Å². The van der Waals surface area contributed by atoms with Crippen LogP contribution in [-0.4, -0.2) is 17.0 Å². The Kier molecular flexibility index (Phi) is 4.23. The summed E-state index contributed by atoms with van der Waals surface area (Å²) in [5.41, 5.74) is 0.866. The molecule has 114 valence electrons. The lowest BCUT2D eigenvalue weighted by Gasteiger charge is -2.13. The minimum atomic E-state index is -0.263. The van der Waals surface area contributed by atoms with Crippen molar-refractivity contribution in [2.45, 2.75) is 31.8 Å². The van der Waals surface area contributed by atoms with Gasteiger partial charge in [-0.15, -0.1) is 0 Å². The van der Waals surface area contributed by atoms with Gasteiger partial charge in [0.2, 0.25) is 5.56 Å². The van der Waals surface area contributed by atoms with E-state index in [0.29, 0.717) is 17.4 Å². The first-order valence-corrected chi connectivity index (χ1v) is 7.47. The molecule has 22 heavy (non-hydrogen) atoms. The SMILES string of the molecule is O=C(Nc1ccc(OC2CCCC2)cc1)c1ccc(=O)[nH]c1. The van der Waals surface area contributed by atoms with Crippen molar-refractivity contribution >= 4 is 11.6 Å². The number of rotatable bonds is 4. The number of hydrogen-bond donors (Lipinski definition) is 2. The number of ether oxygens (including phenoxy) is 1. The molecule has 0 bridgehead atoms. The molecule has 2 aromatic rings. The fraction of sp³-hybridized carbons (Fsp3) is 0.294. The summed E-state index contributed by atoms with van der Waals surface area (Å²) in [5.74, 6) is 0.564. The molecule has 1 fully saturated rings. The van der Waals surface area contributed by atoms with E-state index in [1.54, 1.807) is 0 Å². The molecule has 0 unspecified atom stereocenters. The summed E-state index contributed by atoms with van der Waals surface area (Å²) in [6, 6.07) is 10.2. The second-order valence-corrected chi connectivity index (χ2v) is 5.44. The van der Waals surface area contributed by atoms with Crippen LogP contribution in [-0.2, 0) is 0 Å². The Balaban J connectivity index is 1.61. The van der Waals surface area contributed by atoms with Crippen molar-refractivity contribution in [2.75, 3.05) is 5.32 Å². The number of hydrogen-bond acceptors (Lipinski definition) is 3. The summed E-state index contributed by atoms with van der Waals surface area (Å²) in [6.45, 7) is 0. The maximum absolute atomic E-state index is 12.0. The van der Waals surface area contributed by atoms with E-state index in [1.165, 1.54) is 31.2 Å². The summed E-state index contributed by atoms with van der Waals surface area (Å²) in [4.78, 5) is 25.5. The van der Waals surface area contributed by atoms with Crippen LogP contribution >= 0.6 is 0 Å². The van der Waals surface area contributed by atoms with Gasteiger partial charge in [0.25, 0.3) is 5.91 Å². The summed E-state index contributed by atoms with van der Waals surface area (Å²) < 4.78 is 5.88. The van der Waals surface area contributed by atoms with E-state index in [0.717, 1.165) is 18.6 Å². The molecule has 1 heterocycles. The van der Waals surface area contributed by atoms with Crippen LogP contribution < -0.4 is 15.6 Å². The van der Waals surface area contributed by atoms with Crippen molar-refractivity contribution in [3.63, 3.8) is 0 Å². The van der Waals surface area contributed by atoms with Crippen molar-refractivity contribution in [3.8, 4) is 5.75 Å². The quantitative estimate of drug-likeness (QED) is 0.911. The van der Waals surface area contributed by atoms with Crippen LogP contribution in [0.3, 0.4) is 0 Å². The van der Waals surface area contributed by atoms with E-state index in [4.69, 9.17) is 4.74 Å². The molecule has 0 spiro atoms. The molecule has 1 saturated carbocycles. The van der Waals surface area contributed by atoms with Gasteiger partial charge in [0.1, 0.15) is 5.75 Å². The molecule has 1 aliphatic carbocycles. The zero-order chi connectivity index (χ0) is 15.4. The van der Waals surface area contributed by atoms with Gasteiger partial charge in [0, 0.05) is 18.0 Å². The van der Waals surface area contributed by atoms with Crippen molar-refractivity contribution < 1.29 is 9.53 Å². The van der Waals surface area contributed by atoms with E-state index in [9.17, 15) is 9.59 Å². The number of aromatic amines is 1. The van der Waals surface area contributed by atoms with E-state index in [2.05, 4.69) is 10.3 Å². The van der Waals surface area contributed by atoms with Crippen molar-refractivity contribution in [1.29, 1.82) is 0 Å². The maximum Gasteiger partial charge on any atom is 0.257 e. The zero-order valence-electron chi connectivity index (χ0n) is 12.2. The van der Waals surface area contributed by atoms with E-state index < -0.39 is 0 Å². The third-order valence-corrected chi connectivity index (χ3v) is 3.76. The van der Waals surface area contributed by atoms with Crippen molar-refractivity contribution in [1.82, 2.24) is 4.98 Å². The zero-order valence-corrected chi connectivity index (χ0v) is 12.2. The third-order valence-electron chi connectivity index (χ3n) is 3.76. The topological polar surface area (TPSA) is 71.2 Å². The number of nitrogens with one attached hydrogen (secondary N) is 2. The van der Waals surface area contributed by atoms with Crippen molar-refractivity contribution in [2.24, 2.45) is 0 Å². The van der Waals surface area contributed by atoms with Crippen LogP contribution in [0.4, 0.5) is 5.69 Å². The van der Waals surface area contributed by atoms with Crippen LogP contribution in [0, 0.1) is 0 Å². The van der Waals surface area contributed by atoms with E-state index >= 15 is 0 Å². The van der Waals surface area contributed by atoms with Crippen LogP contribution in [0.2, 0.25) is 0 Å². The summed E-state index contributed by atoms with van der Waals surface area (Å²) in [7, 11) is 0. The lowest BCUT2D eigenvalue weighted by atomic mass is 10.2. The highest BCUT2D eigenvalue weighted by Gasteiger charge is 2.16. The first kappa shape index (κ1) is 14.4. The minimum Gasteiger partial charge on any atom is -0.490 e. The van der Waals surface area contributed by atoms with Gasteiger partial charge in [0.15, 0.2) is 0 Å². The molecule has 0 aliphatic heterocycles.